The van der Waals surface area contributed by atoms with Gasteiger partial charge in [0.2, 0.25) is 5.91 Å². The van der Waals surface area contributed by atoms with Gasteiger partial charge in [0.15, 0.2) is 0 Å². The third-order valence-electron chi connectivity index (χ3n) is 7.38. The fraction of sp³-hybridized carbons (Fsp3) is 0.0488. The molecule has 6 aromatic rings. The number of carbonyl (C=O) groups excluding carboxylic acids is 3. The van der Waals surface area contributed by atoms with Crippen molar-refractivity contribution in [3.63, 3.8) is 0 Å². The van der Waals surface area contributed by atoms with Crippen molar-refractivity contribution in [2.24, 2.45) is 0 Å². The van der Waals surface area contributed by atoms with Crippen LogP contribution in [-0.2, 0) is 9.59 Å². The topological polar surface area (TPSA) is 110 Å². The van der Waals surface area contributed by atoms with Crippen molar-refractivity contribution in [2.45, 2.75) is 11.8 Å². The Morgan fingerprint density at radius 3 is 2.00 bits per heavy atom. The van der Waals surface area contributed by atoms with Crippen LogP contribution >= 0.6 is 11.8 Å². The summed E-state index contributed by atoms with van der Waals surface area (Å²) in [5.41, 5.74) is 3.63. The van der Waals surface area contributed by atoms with Gasteiger partial charge in [0.05, 0.1) is 5.75 Å². The van der Waals surface area contributed by atoms with Crippen LogP contribution in [0.2, 0.25) is 0 Å². The second-order valence-electron chi connectivity index (χ2n) is 11.2. The average molecular weight is 680 g/mol. The number of para-hydroxylation sites is 1. The molecule has 1 heterocycles. The molecule has 0 unspecified atom stereocenters. The number of amides is 3. The van der Waals surface area contributed by atoms with Crippen LogP contribution in [0.1, 0.15) is 21.7 Å². The van der Waals surface area contributed by atoms with Crippen LogP contribution in [0.15, 0.2) is 161 Å². The SMILES string of the molecule is Cc1ccc(-c2ccc(/C=C(\NC(=O)c3ccccc3)C(=O)Nc3ccc(SCC(=O)Nc4ccc(Oc5ccccc5)cc4)cc3)o2)cc1. The van der Waals surface area contributed by atoms with E-state index in [1.807, 2.05) is 85.8 Å². The molecule has 1 aromatic heterocycles. The number of carbonyl (C=O) groups is 3. The molecule has 3 N–H and O–H groups in total. The highest BCUT2D eigenvalue weighted by Crippen LogP contribution is 2.26. The van der Waals surface area contributed by atoms with E-state index < -0.39 is 11.8 Å². The molecular weight excluding hydrogens is 647 g/mol. The minimum atomic E-state index is -0.525. The Bertz CT molecular complexity index is 2090. The maximum absolute atomic E-state index is 13.5. The summed E-state index contributed by atoms with van der Waals surface area (Å²) in [4.78, 5) is 40.0. The Kier molecular flexibility index (Phi) is 10.9. The Morgan fingerprint density at radius 2 is 1.30 bits per heavy atom. The molecule has 0 aliphatic heterocycles. The molecule has 9 heteroatoms. The van der Waals surface area contributed by atoms with Crippen molar-refractivity contribution in [2.75, 3.05) is 16.4 Å². The van der Waals surface area contributed by atoms with Crippen LogP contribution in [0.3, 0.4) is 0 Å². The number of anilines is 2. The second-order valence-corrected chi connectivity index (χ2v) is 12.2. The van der Waals surface area contributed by atoms with Gasteiger partial charge in [0, 0.05) is 33.5 Å². The average Bonchev–Trinajstić information content (AvgIpc) is 3.61. The molecule has 0 atom stereocenters. The van der Waals surface area contributed by atoms with Gasteiger partial charge in [-0.15, -0.1) is 11.8 Å². The molecule has 50 heavy (non-hydrogen) atoms. The summed E-state index contributed by atoms with van der Waals surface area (Å²) in [6.07, 6.45) is 1.50. The minimum Gasteiger partial charge on any atom is -0.457 e. The third-order valence-corrected chi connectivity index (χ3v) is 8.39. The van der Waals surface area contributed by atoms with Crippen LogP contribution in [-0.4, -0.2) is 23.5 Å². The van der Waals surface area contributed by atoms with Gasteiger partial charge in [-0.25, -0.2) is 0 Å². The largest absolute Gasteiger partial charge is 0.457 e. The quantitative estimate of drug-likeness (QED) is 0.0879. The van der Waals surface area contributed by atoms with E-state index in [-0.39, 0.29) is 17.4 Å². The van der Waals surface area contributed by atoms with Gasteiger partial charge in [-0.2, -0.15) is 0 Å². The summed E-state index contributed by atoms with van der Waals surface area (Å²) in [5.74, 6) is 1.53. The number of thioether (sulfide) groups is 1. The van der Waals surface area contributed by atoms with Gasteiger partial charge in [0.1, 0.15) is 28.7 Å². The van der Waals surface area contributed by atoms with Gasteiger partial charge < -0.3 is 25.1 Å². The van der Waals surface area contributed by atoms with Gasteiger partial charge in [-0.3, -0.25) is 14.4 Å². The molecule has 248 valence electrons. The number of nitrogens with one attached hydrogen (secondary N) is 3. The number of ether oxygens (including phenoxy) is 1. The van der Waals surface area contributed by atoms with E-state index in [4.69, 9.17) is 9.15 Å². The molecule has 0 radical (unpaired) electrons. The lowest BCUT2D eigenvalue weighted by Gasteiger charge is -2.11. The Labute approximate surface area is 294 Å². The number of aryl methyl sites for hydroxylation is 1. The zero-order chi connectivity index (χ0) is 34.7. The van der Waals surface area contributed by atoms with Crippen molar-refractivity contribution in [1.29, 1.82) is 0 Å². The predicted molar refractivity (Wildman–Crippen MR) is 198 cm³/mol. The summed E-state index contributed by atoms with van der Waals surface area (Å²) in [7, 11) is 0. The van der Waals surface area contributed by atoms with E-state index in [1.54, 1.807) is 66.7 Å². The highest BCUT2D eigenvalue weighted by atomic mass is 32.2. The lowest BCUT2D eigenvalue weighted by molar-refractivity contribution is -0.114. The first-order chi connectivity index (χ1) is 24.4. The monoisotopic (exact) mass is 679 g/mol. The van der Waals surface area contributed by atoms with Crippen LogP contribution in [0.5, 0.6) is 11.5 Å². The Hall–Kier alpha value is -6.32. The van der Waals surface area contributed by atoms with Crippen molar-refractivity contribution in [3.05, 3.63) is 168 Å². The van der Waals surface area contributed by atoms with Crippen LogP contribution in [0.4, 0.5) is 11.4 Å². The van der Waals surface area contributed by atoms with Gasteiger partial charge in [-0.05, 0) is 91.9 Å². The number of rotatable bonds is 12. The van der Waals surface area contributed by atoms with E-state index in [2.05, 4.69) is 16.0 Å². The first-order valence-corrected chi connectivity index (χ1v) is 16.8. The molecule has 0 aliphatic rings. The van der Waals surface area contributed by atoms with Crippen molar-refractivity contribution >= 4 is 46.9 Å². The van der Waals surface area contributed by atoms with E-state index in [9.17, 15) is 14.4 Å². The highest BCUT2D eigenvalue weighted by molar-refractivity contribution is 8.00. The van der Waals surface area contributed by atoms with Crippen molar-refractivity contribution in [1.82, 2.24) is 5.32 Å². The fourth-order valence-electron chi connectivity index (χ4n) is 4.80. The van der Waals surface area contributed by atoms with Crippen LogP contribution in [0, 0.1) is 6.92 Å². The first-order valence-electron chi connectivity index (χ1n) is 15.8. The number of hydrogen-bond acceptors (Lipinski definition) is 6. The highest BCUT2D eigenvalue weighted by Gasteiger charge is 2.17. The molecule has 0 aliphatic carbocycles. The van der Waals surface area contributed by atoms with Crippen molar-refractivity contribution in [3.8, 4) is 22.8 Å². The first kappa shape index (κ1) is 33.6. The smallest absolute Gasteiger partial charge is 0.272 e. The molecule has 0 saturated carbocycles. The normalized spacial score (nSPS) is 11.0. The zero-order valence-corrected chi connectivity index (χ0v) is 27.9. The van der Waals surface area contributed by atoms with Gasteiger partial charge in [-0.1, -0.05) is 66.2 Å². The summed E-state index contributed by atoms with van der Waals surface area (Å²) in [6.45, 7) is 2.01. The Balaban J connectivity index is 1.06. The number of hydrogen-bond donors (Lipinski definition) is 3. The van der Waals surface area contributed by atoms with Crippen LogP contribution < -0.4 is 20.7 Å². The summed E-state index contributed by atoms with van der Waals surface area (Å²) in [6, 6.07) is 43.9. The fourth-order valence-corrected chi connectivity index (χ4v) is 5.50. The predicted octanol–water partition coefficient (Wildman–Crippen LogP) is 9.19. The zero-order valence-electron chi connectivity index (χ0n) is 27.1. The summed E-state index contributed by atoms with van der Waals surface area (Å²) < 4.78 is 11.8. The maximum Gasteiger partial charge on any atom is 0.272 e. The Morgan fingerprint density at radius 1 is 0.680 bits per heavy atom. The molecule has 5 aromatic carbocycles. The van der Waals surface area contributed by atoms with Crippen LogP contribution in [0.25, 0.3) is 17.4 Å². The molecule has 0 fully saturated rings. The number of furan rings is 1. The molecule has 6 rings (SSSR count). The third kappa shape index (κ3) is 9.40. The second kappa shape index (κ2) is 16.2. The molecular formula is C41H33N3O5S. The maximum atomic E-state index is 13.5. The molecule has 3 amide bonds. The standard InChI is InChI=1S/C41H33N3O5S/c1-28-12-14-29(15-13-28)38-25-22-35(49-38)26-37(44-40(46)30-8-4-2-5-9-30)41(47)43-32-18-23-36(24-19-32)50-27-39(45)42-31-16-20-34(21-17-31)48-33-10-6-3-7-11-33/h2-26H,27H2,1H3,(H,42,45)(H,43,47)(H,44,46)/b37-26-. The van der Waals surface area contributed by atoms with E-state index >= 15 is 0 Å². The lowest BCUT2D eigenvalue weighted by Crippen LogP contribution is -2.30. The van der Waals surface area contributed by atoms with E-state index in [0.717, 1.165) is 21.8 Å². The molecule has 8 nitrogen and oxygen atoms in total. The molecule has 0 bridgehead atoms. The molecule has 0 saturated heterocycles. The molecule has 0 spiro atoms. The van der Waals surface area contributed by atoms with Gasteiger partial charge in [0.25, 0.3) is 11.8 Å². The lowest BCUT2D eigenvalue weighted by atomic mass is 10.1. The van der Waals surface area contributed by atoms with E-state index in [1.165, 1.54) is 17.8 Å². The summed E-state index contributed by atoms with van der Waals surface area (Å²) in [5, 5.41) is 8.47. The summed E-state index contributed by atoms with van der Waals surface area (Å²) >= 11 is 1.37. The van der Waals surface area contributed by atoms with E-state index in [0.29, 0.717) is 34.2 Å². The number of benzene rings is 5. The van der Waals surface area contributed by atoms with Crippen molar-refractivity contribution < 1.29 is 23.5 Å². The minimum absolute atomic E-state index is 0.0124. The van der Waals surface area contributed by atoms with Gasteiger partial charge >= 0.3 is 0 Å².